The van der Waals surface area contributed by atoms with Gasteiger partial charge in [0, 0.05) is 6.20 Å². The molecule has 1 atom stereocenters. The van der Waals surface area contributed by atoms with E-state index in [0.717, 1.165) is 5.56 Å². The summed E-state index contributed by atoms with van der Waals surface area (Å²) in [6.07, 6.45) is 1.75. The Hall–Kier alpha value is -5.03. The number of ether oxygens (including phenoxy) is 2. The highest BCUT2D eigenvalue weighted by atomic mass is 32.1. The van der Waals surface area contributed by atoms with Gasteiger partial charge in [-0.15, -0.1) is 10.2 Å². The van der Waals surface area contributed by atoms with Crippen LogP contribution in [0.3, 0.4) is 0 Å². The molecule has 2 aromatic carbocycles. The maximum atomic E-state index is 13.7. The second-order valence-corrected chi connectivity index (χ2v) is 10.8. The molecule has 1 saturated heterocycles. The topological polar surface area (TPSA) is 119 Å². The maximum Gasteiger partial charge on any atom is 0.301 e. The molecule has 0 spiro atoms. The lowest BCUT2D eigenvalue weighted by molar-refractivity contribution is -0.132. The van der Waals surface area contributed by atoms with E-state index >= 15 is 0 Å². The molecule has 42 heavy (non-hydrogen) atoms. The highest BCUT2D eigenvalue weighted by Gasteiger charge is 2.49. The van der Waals surface area contributed by atoms with E-state index < -0.39 is 17.7 Å². The molecule has 0 bridgehead atoms. The molecule has 1 unspecified atom stereocenters. The number of nitrogens with zero attached hydrogens (tertiary/aromatic N) is 5. The fourth-order valence-electron chi connectivity index (χ4n) is 5.07. The number of hydrogen-bond acceptors (Lipinski definition) is 9. The molecule has 11 heteroatoms. The lowest BCUT2D eigenvalue weighted by Gasteiger charge is -2.23. The zero-order valence-corrected chi connectivity index (χ0v) is 24.0. The number of fused-ring (bicyclic) bond motifs is 1. The summed E-state index contributed by atoms with van der Waals surface area (Å²) in [5, 5.41) is 20.8. The molecule has 1 amide bonds. The normalized spacial score (nSPS) is 16.4. The Morgan fingerprint density at radius 3 is 2.50 bits per heavy atom. The van der Waals surface area contributed by atoms with Gasteiger partial charge in [0.05, 0.1) is 23.9 Å². The number of aryl methyl sites for hydroxylation is 2. The molecule has 1 aliphatic rings. The van der Waals surface area contributed by atoms with Gasteiger partial charge in [-0.1, -0.05) is 53.8 Å². The predicted molar refractivity (Wildman–Crippen MR) is 158 cm³/mol. The lowest BCUT2D eigenvalue weighted by Crippen LogP contribution is -2.29. The average Bonchev–Trinajstić information content (AvgIpc) is 3.65. The first-order valence-corrected chi connectivity index (χ1v) is 14.2. The van der Waals surface area contributed by atoms with Gasteiger partial charge in [0.15, 0.2) is 17.3 Å². The monoisotopic (exact) mass is 581 g/mol. The van der Waals surface area contributed by atoms with E-state index in [0.29, 0.717) is 52.3 Å². The molecule has 3 aromatic heterocycles. The number of Topliss-reactive ketones (excluding diaryl/α,β-unsaturated/α-hetero) is 1. The first-order chi connectivity index (χ1) is 20.4. The summed E-state index contributed by atoms with van der Waals surface area (Å²) in [4.78, 5) is 33.0. The number of hydrogen-bond donors (Lipinski definition) is 1. The Bertz CT molecular complexity index is 1850. The summed E-state index contributed by atoms with van der Waals surface area (Å²) in [7, 11) is 0. The van der Waals surface area contributed by atoms with Crippen LogP contribution in [-0.2, 0) is 16.2 Å². The number of imidazole rings is 1. The SMILES string of the molecule is CCOc1cc(C2C(=C(O)c3c(C)nc4ccccn34)C(=O)C(=O)N2c2nnc(C)s2)ccc1OCc1ccccc1. The number of rotatable bonds is 8. The highest BCUT2D eigenvalue weighted by Crippen LogP contribution is 2.45. The van der Waals surface area contributed by atoms with E-state index in [1.54, 1.807) is 54.8 Å². The Morgan fingerprint density at radius 2 is 1.76 bits per heavy atom. The van der Waals surface area contributed by atoms with Gasteiger partial charge in [-0.05, 0) is 56.2 Å². The smallest absolute Gasteiger partial charge is 0.301 e. The largest absolute Gasteiger partial charge is 0.505 e. The summed E-state index contributed by atoms with van der Waals surface area (Å²) in [6.45, 7) is 6.06. The molecule has 1 N–H and O–H groups in total. The number of amides is 1. The zero-order valence-electron chi connectivity index (χ0n) is 23.1. The number of aliphatic hydroxyl groups is 1. The molecule has 0 radical (unpaired) electrons. The first-order valence-electron chi connectivity index (χ1n) is 13.4. The third-order valence-corrected chi connectivity index (χ3v) is 7.75. The van der Waals surface area contributed by atoms with Crippen LogP contribution in [0.15, 0.2) is 78.5 Å². The first kappa shape index (κ1) is 27.2. The number of carbonyl (C=O) groups is 2. The number of carbonyl (C=O) groups excluding carboxylic acids is 2. The summed E-state index contributed by atoms with van der Waals surface area (Å²) < 4.78 is 13.7. The minimum atomic E-state index is -1.01. The number of aliphatic hydroxyl groups excluding tert-OH is 1. The molecule has 0 aliphatic carbocycles. The second kappa shape index (κ2) is 11.1. The van der Waals surface area contributed by atoms with Crippen molar-refractivity contribution < 1.29 is 24.2 Å². The van der Waals surface area contributed by atoms with Gasteiger partial charge in [-0.3, -0.25) is 18.9 Å². The summed E-state index contributed by atoms with van der Waals surface area (Å²) in [5.41, 5.74) is 2.88. The van der Waals surface area contributed by atoms with Crippen LogP contribution in [0.2, 0.25) is 0 Å². The van der Waals surface area contributed by atoms with Gasteiger partial charge in [0.25, 0.3) is 5.78 Å². The van der Waals surface area contributed by atoms with Gasteiger partial charge in [-0.25, -0.2) is 4.98 Å². The standard InChI is InChI=1S/C31H27N5O5S/c1-4-40-23-16-21(13-14-22(23)41-17-20-10-6-5-7-11-20)27-25(29(38)30(39)36(27)31-34-33-19(3)42-31)28(37)26-18(2)32-24-12-8-9-15-35(24)26/h5-16,27,37H,4,17H2,1-3H3. The van der Waals surface area contributed by atoms with Crippen LogP contribution in [0, 0.1) is 13.8 Å². The second-order valence-electron chi connectivity index (χ2n) is 9.66. The Balaban J connectivity index is 1.50. The van der Waals surface area contributed by atoms with E-state index in [4.69, 9.17) is 9.47 Å². The lowest BCUT2D eigenvalue weighted by atomic mass is 9.96. The van der Waals surface area contributed by atoms with Crippen molar-refractivity contribution in [2.24, 2.45) is 0 Å². The quantitative estimate of drug-likeness (QED) is 0.147. The molecule has 1 fully saturated rings. The van der Waals surface area contributed by atoms with E-state index in [9.17, 15) is 14.7 Å². The number of benzene rings is 2. The third kappa shape index (κ3) is 4.77. The Labute approximate surface area is 245 Å². The minimum absolute atomic E-state index is 0.0815. The van der Waals surface area contributed by atoms with E-state index in [1.807, 2.05) is 43.3 Å². The number of anilines is 1. The van der Waals surface area contributed by atoms with Crippen molar-refractivity contribution in [1.29, 1.82) is 0 Å². The summed E-state index contributed by atoms with van der Waals surface area (Å²) in [6, 6.07) is 19.4. The van der Waals surface area contributed by atoms with Crippen LogP contribution in [0.5, 0.6) is 11.5 Å². The molecule has 10 nitrogen and oxygen atoms in total. The van der Waals surface area contributed by atoms with Crippen molar-refractivity contribution in [1.82, 2.24) is 19.6 Å². The van der Waals surface area contributed by atoms with Crippen molar-refractivity contribution >= 4 is 39.6 Å². The van der Waals surface area contributed by atoms with Crippen molar-refractivity contribution in [3.8, 4) is 11.5 Å². The summed E-state index contributed by atoms with van der Waals surface area (Å²) >= 11 is 1.18. The van der Waals surface area contributed by atoms with Crippen molar-refractivity contribution in [2.45, 2.75) is 33.4 Å². The molecule has 212 valence electrons. The summed E-state index contributed by atoms with van der Waals surface area (Å²) in [5.74, 6) is -1.04. The van der Waals surface area contributed by atoms with Crippen molar-refractivity contribution in [2.75, 3.05) is 11.5 Å². The molecule has 4 heterocycles. The van der Waals surface area contributed by atoms with E-state index in [2.05, 4.69) is 15.2 Å². The van der Waals surface area contributed by atoms with Crippen LogP contribution < -0.4 is 14.4 Å². The fraction of sp³-hybridized carbons (Fsp3) is 0.194. The van der Waals surface area contributed by atoms with Crippen LogP contribution in [0.1, 0.15) is 40.5 Å². The molecule has 6 rings (SSSR count). The van der Waals surface area contributed by atoms with Gasteiger partial charge < -0.3 is 14.6 Å². The zero-order chi connectivity index (χ0) is 29.4. The minimum Gasteiger partial charge on any atom is -0.505 e. The molecule has 0 saturated carbocycles. The molecule has 5 aromatic rings. The third-order valence-electron chi connectivity index (χ3n) is 6.91. The van der Waals surface area contributed by atoms with E-state index in [-0.39, 0.29) is 16.5 Å². The Kier molecular flexibility index (Phi) is 7.17. The highest BCUT2D eigenvalue weighted by molar-refractivity contribution is 7.15. The van der Waals surface area contributed by atoms with E-state index in [1.165, 1.54) is 16.2 Å². The predicted octanol–water partition coefficient (Wildman–Crippen LogP) is 5.41. The number of ketones is 1. The molecular formula is C31H27N5O5S. The van der Waals surface area contributed by atoms with Crippen molar-refractivity contribution in [3.63, 3.8) is 0 Å². The Morgan fingerprint density at radius 1 is 0.976 bits per heavy atom. The van der Waals surface area contributed by atoms with Gasteiger partial charge in [-0.2, -0.15) is 0 Å². The molecular weight excluding hydrogens is 554 g/mol. The van der Waals surface area contributed by atoms with Crippen LogP contribution in [0.25, 0.3) is 11.4 Å². The van der Waals surface area contributed by atoms with Gasteiger partial charge in [0.1, 0.15) is 23.0 Å². The van der Waals surface area contributed by atoms with Crippen molar-refractivity contribution in [3.05, 3.63) is 106 Å². The van der Waals surface area contributed by atoms with Gasteiger partial charge >= 0.3 is 5.91 Å². The maximum absolute atomic E-state index is 13.7. The van der Waals surface area contributed by atoms with Crippen LogP contribution in [0.4, 0.5) is 5.13 Å². The number of aromatic nitrogens is 4. The average molecular weight is 582 g/mol. The van der Waals surface area contributed by atoms with Crippen LogP contribution in [-0.4, -0.2) is 43.0 Å². The fourth-order valence-corrected chi connectivity index (χ4v) is 5.79. The molecule has 1 aliphatic heterocycles. The van der Waals surface area contributed by atoms with Crippen LogP contribution >= 0.6 is 11.3 Å². The number of pyridine rings is 1. The van der Waals surface area contributed by atoms with Gasteiger partial charge in [0.2, 0.25) is 5.13 Å².